The van der Waals surface area contributed by atoms with Crippen LogP contribution in [0.1, 0.15) is 6.42 Å². The van der Waals surface area contributed by atoms with Crippen LogP contribution in [0.15, 0.2) is 12.1 Å². The van der Waals surface area contributed by atoms with E-state index in [0.29, 0.717) is 28.1 Å². The highest BCUT2D eigenvalue weighted by Gasteiger charge is 2.18. The Labute approximate surface area is 98.1 Å². The predicted octanol–water partition coefficient (Wildman–Crippen LogP) is 2.74. The molecule has 0 bridgehead atoms. The minimum atomic E-state index is 0.0598. The summed E-state index contributed by atoms with van der Waals surface area (Å²) in [4.78, 5) is 0. The van der Waals surface area contributed by atoms with Crippen molar-refractivity contribution in [2.45, 2.75) is 12.5 Å². The summed E-state index contributed by atoms with van der Waals surface area (Å²) < 4.78 is 10.8. The lowest BCUT2D eigenvalue weighted by atomic mass is 10.2. The molecule has 0 amide bonds. The molecule has 1 heterocycles. The van der Waals surface area contributed by atoms with E-state index < -0.39 is 0 Å². The highest BCUT2D eigenvalue weighted by Crippen LogP contribution is 2.33. The number of rotatable bonds is 2. The second kappa shape index (κ2) is 4.47. The number of hydrogen-bond acceptors (Lipinski definition) is 3. The molecule has 1 saturated heterocycles. The standard InChI is InChI=1S/C10H11Cl2NO2/c11-7-3-9(13)10(4-8(7)12)15-6-1-2-14-5-6/h3-4,6H,1-2,5,13H2. The molecule has 3 nitrogen and oxygen atoms in total. The van der Waals surface area contributed by atoms with Crippen LogP contribution in [-0.2, 0) is 4.74 Å². The Morgan fingerprint density at radius 3 is 2.73 bits per heavy atom. The lowest BCUT2D eigenvalue weighted by Gasteiger charge is -2.14. The maximum absolute atomic E-state index is 5.87. The van der Waals surface area contributed by atoms with Gasteiger partial charge < -0.3 is 15.2 Å². The number of hydrogen-bond donors (Lipinski definition) is 1. The molecule has 1 aliphatic heterocycles. The fourth-order valence-electron chi connectivity index (χ4n) is 1.43. The van der Waals surface area contributed by atoms with Crippen molar-refractivity contribution in [3.63, 3.8) is 0 Å². The molecular formula is C10H11Cl2NO2. The van der Waals surface area contributed by atoms with Gasteiger partial charge in [-0.3, -0.25) is 0 Å². The van der Waals surface area contributed by atoms with Gasteiger partial charge in [0, 0.05) is 12.5 Å². The van der Waals surface area contributed by atoms with Gasteiger partial charge in [0.2, 0.25) is 0 Å². The summed E-state index contributed by atoms with van der Waals surface area (Å²) in [5, 5.41) is 0.879. The third-order valence-corrected chi connectivity index (χ3v) is 2.96. The molecule has 0 radical (unpaired) electrons. The van der Waals surface area contributed by atoms with Gasteiger partial charge in [0.15, 0.2) is 0 Å². The zero-order valence-electron chi connectivity index (χ0n) is 8.00. The van der Waals surface area contributed by atoms with Crippen molar-refractivity contribution in [1.29, 1.82) is 0 Å². The van der Waals surface area contributed by atoms with Gasteiger partial charge in [0.25, 0.3) is 0 Å². The summed E-state index contributed by atoms with van der Waals surface area (Å²) in [7, 11) is 0. The van der Waals surface area contributed by atoms with E-state index in [1.165, 1.54) is 0 Å². The molecule has 0 aromatic heterocycles. The smallest absolute Gasteiger partial charge is 0.144 e. The van der Waals surface area contributed by atoms with E-state index in [4.69, 9.17) is 38.4 Å². The Bertz CT molecular complexity index is 365. The molecular weight excluding hydrogens is 237 g/mol. The third-order valence-electron chi connectivity index (χ3n) is 2.23. The average Bonchev–Trinajstić information content (AvgIpc) is 2.67. The van der Waals surface area contributed by atoms with Crippen molar-refractivity contribution in [3.05, 3.63) is 22.2 Å². The summed E-state index contributed by atoms with van der Waals surface area (Å²) >= 11 is 11.7. The third kappa shape index (κ3) is 2.48. The van der Waals surface area contributed by atoms with E-state index in [0.717, 1.165) is 13.0 Å². The van der Waals surface area contributed by atoms with Crippen molar-refractivity contribution in [2.24, 2.45) is 0 Å². The maximum Gasteiger partial charge on any atom is 0.144 e. The van der Waals surface area contributed by atoms with E-state index in [1.54, 1.807) is 12.1 Å². The van der Waals surface area contributed by atoms with Gasteiger partial charge in [0.1, 0.15) is 11.9 Å². The first-order valence-corrected chi connectivity index (χ1v) is 5.41. The summed E-state index contributed by atoms with van der Waals surface area (Å²) in [5.41, 5.74) is 6.26. The van der Waals surface area contributed by atoms with Gasteiger partial charge in [-0.1, -0.05) is 23.2 Å². The maximum atomic E-state index is 5.87. The van der Waals surface area contributed by atoms with Crippen LogP contribution in [0.5, 0.6) is 5.75 Å². The Morgan fingerprint density at radius 2 is 2.07 bits per heavy atom. The van der Waals surface area contributed by atoms with E-state index in [2.05, 4.69) is 0 Å². The van der Waals surface area contributed by atoms with Crippen molar-refractivity contribution < 1.29 is 9.47 Å². The highest BCUT2D eigenvalue weighted by molar-refractivity contribution is 6.42. The molecule has 1 aromatic carbocycles. The molecule has 0 saturated carbocycles. The molecule has 15 heavy (non-hydrogen) atoms. The molecule has 1 fully saturated rings. The Kier molecular flexibility index (Phi) is 3.24. The molecule has 1 aromatic rings. The van der Waals surface area contributed by atoms with E-state index >= 15 is 0 Å². The molecule has 5 heteroatoms. The second-order valence-electron chi connectivity index (χ2n) is 3.41. The number of benzene rings is 1. The Balaban J connectivity index is 2.16. The molecule has 0 aliphatic carbocycles. The number of ether oxygens (including phenoxy) is 2. The van der Waals surface area contributed by atoms with E-state index in [9.17, 15) is 0 Å². The van der Waals surface area contributed by atoms with Crippen molar-refractivity contribution >= 4 is 28.9 Å². The summed E-state index contributed by atoms with van der Waals surface area (Å²) in [6.45, 7) is 1.32. The molecule has 0 spiro atoms. The first-order valence-electron chi connectivity index (χ1n) is 4.66. The molecule has 1 aliphatic rings. The normalized spacial score (nSPS) is 20.5. The lowest BCUT2D eigenvalue weighted by molar-refractivity contribution is 0.142. The zero-order chi connectivity index (χ0) is 10.8. The first kappa shape index (κ1) is 10.9. The predicted molar refractivity (Wildman–Crippen MR) is 60.7 cm³/mol. The van der Waals surface area contributed by atoms with Crippen molar-refractivity contribution in [1.82, 2.24) is 0 Å². The van der Waals surface area contributed by atoms with Gasteiger partial charge in [-0.15, -0.1) is 0 Å². The summed E-state index contributed by atoms with van der Waals surface area (Å²) in [6.07, 6.45) is 0.934. The number of nitrogen functional groups attached to an aromatic ring is 1. The topological polar surface area (TPSA) is 44.5 Å². The summed E-state index contributed by atoms with van der Waals surface area (Å²) in [5.74, 6) is 0.569. The molecule has 1 unspecified atom stereocenters. The summed E-state index contributed by atoms with van der Waals surface area (Å²) in [6, 6.07) is 3.23. The number of nitrogens with two attached hydrogens (primary N) is 1. The van der Waals surface area contributed by atoms with Crippen LogP contribution in [0.25, 0.3) is 0 Å². The molecule has 82 valence electrons. The van der Waals surface area contributed by atoms with Gasteiger partial charge in [-0.25, -0.2) is 0 Å². The van der Waals surface area contributed by atoms with E-state index in [1.807, 2.05) is 0 Å². The van der Waals surface area contributed by atoms with Gasteiger partial charge >= 0.3 is 0 Å². The van der Waals surface area contributed by atoms with Gasteiger partial charge in [-0.2, -0.15) is 0 Å². The zero-order valence-corrected chi connectivity index (χ0v) is 9.52. The quantitative estimate of drug-likeness (QED) is 0.818. The number of anilines is 1. The minimum Gasteiger partial charge on any atom is -0.486 e. The second-order valence-corrected chi connectivity index (χ2v) is 4.22. The average molecular weight is 248 g/mol. The highest BCUT2D eigenvalue weighted by atomic mass is 35.5. The van der Waals surface area contributed by atoms with Crippen LogP contribution in [0.4, 0.5) is 5.69 Å². The van der Waals surface area contributed by atoms with Gasteiger partial charge in [-0.05, 0) is 6.07 Å². The molecule has 2 N–H and O–H groups in total. The lowest BCUT2D eigenvalue weighted by Crippen LogP contribution is -2.16. The number of halogens is 2. The fraction of sp³-hybridized carbons (Fsp3) is 0.400. The Hall–Kier alpha value is -0.640. The molecule has 1 atom stereocenters. The van der Waals surface area contributed by atoms with Gasteiger partial charge in [0.05, 0.1) is 28.9 Å². The van der Waals surface area contributed by atoms with Crippen LogP contribution in [0.2, 0.25) is 10.0 Å². The monoisotopic (exact) mass is 247 g/mol. The largest absolute Gasteiger partial charge is 0.486 e. The molecule has 2 rings (SSSR count). The van der Waals surface area contributed by atoms with Crippen molar-refractivity contribution in [2.75, 3.05) is 18.9 Å². The van der Waals surface area contributed by atoms with E-state index in [-0.39, 0.29) is 6.10 Å². The minimum absolute atomic E-state index is 0.0598. The van der Waals surface area contributed by atoms with Crippen LogP contribution in [-0.4, -0.2) is 19.3 Å². The fourth-order valence-corrected chi connectivity index (χ4v) is 1.76. The van der Waals surface area contributed by atoms with Crippen LogP contribution >= 0.6 is 23.2 Å². The van der Waals surface area contributed by atoms with Crippen LogP contribution in [0.3, 0.4) is 0 Å². The van der Waals surface area contributed by atoms with Crippen LogP contribution in [0, 0.1) is 0 Å². The SMILES string of the molecule is Nc1cc(Cl)c(Cl)cc1OC1CCOC1. The first-order chi connectivity index (χ1) is 7.16. The van der Waals surface area contributed by atoms with Crippen molar-refractivity contribution in [3.8, 4) is 5.75 Å². The Morgan fingerprint density at radius 1 is 1.33 bits per heavy atom. The van der Waals surface area contributed by atoms with Crippen LogP contribution < -0.4 is 10.5 Å².